The number of amides is 1. The number of nitrogens with one attached hydrogen (secondary N) is 2. The standard InChI is InChI=1S/C22H33N3O/c1-7-8-9-17-10-12-19(13-11-17)25-20(26)18(14-23)15-24-22(5,6)16-21(2,3)4/h10-13,15,24H,7-9,16H2,1-6H3,(H,25,26)/b18-15-. The number of benzene rings is 1. The summed E-state index contributed by atoms with van der Waals surface area (Å²) in [4.78, 5) is 12.4. The van der Waals surface area contributed by atoms with Crippen LogP contribution in [0.15, 0.2) is 36.0 Å². The van der Waals surface area contributed by atoms with Crippen molar-refractivity contribution in [3.05, 3.63) is 41.6 Å². The molecule has 0 aliphatic carbocycles. The molecule has 0 spiro atoms. The number of carbonyl (C=O) groups is 1. The fourth-order valence-corrected chi connectivity index (χ4v) is 3.13. The zero-order chi connectivity index (χ0) is 19.8. The monoisotopic (exact) mass is 355 g/mol. The third-order valence-corrected chi connectivity index (χ3v) is 3.98. The molecule has 0 aliphatic heterocycles. The largest absolute Gasteiger partial charge is 0.385 e. The smallest absolute Gasteiger partial charge is 0.267 e. The number of hydrogen-bond acceptors (Lipinski definition) is 3. The summed E-state index contributed by atoms with van der Waals surface area (Å²) in [6.45, 7) is 12.8. The van der Waals surface area contributed by atoms with E-state index in [2.05, 4.69) is 52.2 Å². The van der Waals surface area contributed by atoms with Crippen LogP contribution in [0.3, 0.4) is 0 Å². The van der Waals surface area contributed by atoms with Gasteiger partial charge in [0, 0.05) is 17.4 Å². The Morgan fingerprint density at radius 1 is 1.15 bits per heavy atom. The number of unbranched alkanes of at least 4 members (excludes halogenated alkanes) is 1. The van der Waals surface area contributed by atoms with Crippen molar-refractivity contribution in [2.75, 3.05) is 5.32 Å². The van der Waals surface area contributed by atoms with Crippen molar-refractivity contribution in [1.29, 1.82) is 5.26 Å². The third kappa shape index (κ3) is 8.20. The Morgan fingerprint density at radius 3 is 2.27 bits per heavy atom. The molecule has 0 heterocycles. The summed E-state index contributed by atoms with van der Waals surface area (Å²) in [5.41, 5.74) is 1.97. The first-order valence-corrected chi connectivity index (χ1v) is 9.34. The van der Waals surface area contributed by atoms with E-state index in [4.69, 9.17) is 0 Å². The fourth-order valence-electron chi connectivity index (χ4n) is 3.13. The van der Waals surface area contributed by atoms with Crippen LogP contribution in [-0.4, -0.2) is 11.4 Å². The van der Waals surface area contributed by atoms with E-state index in [0.29, 0.717) is 5.69 Å². The molecule has 0 aromatic heterocycles. The van der Waals surface area contributed by atoms with Gasteiger partial charge in [-0.1, -0.05) is 46.2 Å². The number of rotatable bonds is 8. The number of anilines is 1. The number of nitrogens with zero attached hydrogens (tertiary/aromatic N) is 1. The highest BCUT2D eigenvalue weighted by Crippen LogP contribution is 2.26. The maximum Gasteiger partial charge on any atom is 0.267 e. The van der Waals surface area contributed by atoms with E-state index in [1.807, 2.05) is 30.3 Å². The van der Waals surface area contributed by atoms with Crippen molar-refractivity contribution < 1.29 is 4.79 Å². The van der Waals surface area contributed by atoms with Crippen molar-refractivity contribution in [3.8, 4) is 6.07 Å². The summed E-state index contributed by atoms with van der Waals surface area (Å²) in [7, 11) is 0. The Hall–Kier alpha value is -2.28. The van der Waals surface area contributed by atoms with Gasteiger partial charge >= 0.3 is 0 Å². The zero-order valence-corrected chi connectivity index (χ0v) is 17.1. The van der Waals surface area contributed by atoms with E-state index in [1.165, 1.54) is 11.8 Å². The van der Waals surface area contributed by atoms with Crippen LogP contribution in [0.1, 0.15) is 66.4 Å². The van der Waals surface area contributed by atoms with Gasteiger partial charge in [-0.05, 0) is 56.2 Å². The normalized spacial score (nSPS) is 12.4. The molecular formula is C22H33N3O. The molecule has 0 bridgehead atoms. The van der Waals surface area contributed by atoms with Gasteiger partial charge < -0.3 is 10.6 Å². The molecule has 26 heavy (non-hydrogen) atoms. The minimum Gasteiger partial charge on any atom is -0.385 e. The lowest BCUT2D eigenvalue weighted by Gasteiger charge is -2.33. The highest BCUT2D eigenvalue weighted by Gasteiger charge is 2.24. The summed E-state index contributed by atoms with van der Waals surface area (Å²) in [6.07, 6.45) is 5.80. The van der Waals surface area contributed by atoms with Crippen LogP contribution in [0.25, 0.3) is 0 Å². The second kappa shape index (κ2) is 9.43. The lowest BCUT2D eigenvalue weighted by Crippen LogP contribution is -2.39. The lowest BCUT2D eigenvalue weighted by atomic mass is 9.82. The van der Waals surface area contributed by atoms with Crippen LogP contribution in [0, 0.1) is 16.7 Å². The third-order valence-electron chi connectivity index (χ3n) is 3.98. The summed E-state index contributed by atoms with van der Waals surface area (Å²) in [5.74, 6) is -0.395. The van der Waals surface area contributed by atoms with E-state index in [9.17, 15) is 10.1 Å². The van der Waals surface area contributed by atoms with Crippen molar-refractivity contribution >= 4 is 11.6 Å². The van der Waals surface area contributed by atoms with E-state index in [-0.39, 0.29) is 16.5 Å². The molecule has 142 valence electrons. The average Bonchev–Trinajstić information content (AvgIpc) is 2.52. The SMILES string of the molecule is CCCCc1ccc(NC(=O)/C(C#N)=C\NC(C)(C)CC(C)(C)C)cc1. The first-order valence-electron chi connectivity index (χ1n) is 9.34. The van der Waals surface area contributed by atoms with E-state index in [1.54, 1.807) is 0 Å². The van der Waals surface area contributed by atoms with E-state index < -0.39 is 5.91 Å². The fraction of sp³-hybridized carbons (Fsp3) is 0.545. The predicted octanol–water partition coefficient (Wildman–Crippen LogP) is 5.18. The van der Waals surface area contributed by atoms with Gasteiger partial charge in [-0.15, -0.1) is 0 Å². The van der Waals surface area contributed by atoms with E-state index in [0.717, 1.165) is 25.7 Å². The van der Waals surface area contributed by atoms with Gasteiger partial charge in [0.05, 0.1) is 0 Å². The first kappa shape index (κ1) is 21.8. The number of hydrogen-bond donors (Lipinski definition) is 2. The Bertz CT molecular complexity index is 658. The number of nitriles is 1. The molecule has 0 aliphatic rings. The van der Waals surface area contributed by atoms with Gasteiger partial charge in [0.1, 0.15) is 11.6 Å². The molecule has 1 aromatic rings. The molecule has 0 saturated heterocycles. The molecule has 4 heteroatoms. The molecule has 0 unspecified atom stereocenters. The van der Waals surface area contributed by atoms with Crippen LogP contribution < -0.4 is 10.6 Å². The Balaban J connectivity index is 2.72. The van der Waals surface area contributed by atoms with Gasteiger partial charge in [-0.3, -0.25) is 4.79 Å². The van der Waals surface area contributed by atoms with Crippen LogP contribution in [-0.2, 0) is 11.2 Å². The van der Waals surface area contributed by atoms with Crippen LogP contribution in [0.4, 0.5) is 5.69 Å². The molecule has 4 nitrogen and oxygen atoms in total. The summed E-state index contributed by atoms with van der Waals surface area (Å²) < 4.78 is 0. The molecule has 2 N–H and O–H groups in total. The van der Waals surface area contributed by atoms with Crippen molar-refractivity contribution in [2.24, 2.45) is 5.41 Å². The quantitative estimate of drug-likeness (QED) is 0.499. The lowest BCUT2D eigenvalue weighted by molar-refractivity contribution is -0.112. The maximum atomic E-state index is 12.4. The minimum absolute atomic E-state index is 0.0713. The summed E-state index contributed by atoms with van der Waals surface area (Å²) >= 11 is 0. The topological polar surface area (TPSA) is 64.9 Å². The van der Waals surface area contributed by atoms with Gasteiger partial charge in [0.25, 0.3) is 5.91 Å². The maximum absolute atomic E-state index is 12.4. The minimum atomic E-state index is -0.395. The molecule has 0 radical (unpaired) electrons. The Kier molecular flexibility index (Phi) is 7.89. The highest BCUT2D eigenvalue weighted by atomic mass is 16.1. The molecular weight excluding hydrogens is 322 g/mol. The van der Waals surface area contributed by atoms with Crippen molar-refractivity contribution in [2.45, 2.75) is 72.8 Å². The van der Waals surface area contributed by atoms with Gasteiger partial charge in [0.15, 0.2) is 0 Å². The molecule has 0 saturated carbocycles. The summed E-state index contributed by atoms with van der Waals surface area (Å²) in [5, 5.41) is 15.3. The van der Waals surface area contributed by atoms with Crippen LogP contribution in [0.2, 0.25) is 0 Å². The average molecular weight is 356 g/mol. The Morgan fingerprint density at radius 2 is 1.77 bits per heavy atom. The predicted molar refractivity (Wildman–Crippen MR) is 109 cm³/mol. The van der Waals surface area contributed by atoms with Gasteiger partial charge in [-0.2, -0.15) is 5.26 Å². The summed E-state index contributed by atoms with van der Waals surface area (Å²) in [6, 6.07) is 9.79. The zero-order valence-electron chi connectivity index (χ0n) is 17.1. The van der Waals surface area contributed by atoms with E-state index >= 15 is 0 Å². The molecule has 0 atom stereocenters. The second-order valence-electron chi connectivity index (χ2n) is 8.69. The van der Waals surface area contributed by atoms with Crippen LogP contribution >= 0.6 is 0 Å². The molecule has 1 aromatic carbocycles. The molecule has 0 fully saturated rings. The van der Waals surface area contributed by atoms with Gasteiger partial charge in [-0.25, -0.2) is 0 Å². The number of aryl methyl sites for hydroxylation is 1. The Labute approximate surface area is 158 Å². The van der Waals surface area contributed by atoms with Crippen molar-refractivity contribution in [1.82, 2.24) is 5.32 Å². The molecule has 1 amide bonds. The molecule has 1 rings (SSSR count). The van der Waals surface area contributed by atoms with Crippen LogP contribution in [0.5, 0.6) is 0 Å². The number of carbonyl (C=O) groups excluding carboxylic acids is 1. The highest BCUT2D eigenvalue weighted by molar-refractivity contribution is 6.06. The van der Waals surface area contributed by atoms with Gasteiger partial charge in [0.2, 0.25) is 0 Å². The van der Waals surface area contributed by atoms with Crippen molar-refractivity contribution in [3.63, 3.8) is 0 Å². The second-order valence-corrected chi connectivity index (χ2v) is 8.69. The first-order chi connectivity index (χ1) is 12.1.